The molecule has 11 nitrogen and oxygen atoms in total. The molecule has 1 spiro atoms. The predicted molar refractivity (Wildman–Crippen MR) is 142 cm³/mol. The number of piperidine rings is 1. The Morgan fingerprint density at radius 3 is 1.98 bits per heavy atom. The molecule has 0 radical (unpaired) electrons. The van der Waals surface area contributed by atoms with Crippen molar-refractivity contribution in [3.05, 3.63) is 58.8 Å². The molecule has 2 aromatic rings. The standard InChI is InChI=1S/C21H24BrN5O2.2C2HF3O2/c22-17-5-3-16(4-6-17)19(28)24-10-13-26-11-7-21(8-12-26)20(29)25-15-27(21)18-2-1-9-23-14-18;2*3-2(4,5)1(6)7/h1-6,9,14H,7-8,10-13,15H2,(H,24,28)(H,25,29);2*(H,6,7). The molecule has 43 heavy (non-hydrogen) atoms. The lowest BCUT2D eigenvalue weighted by atomic mass is 9.85. The number of carboxylic acid groups (broad SMARTS) is 2. The number of amides is 2. The molecule has 236 valence electrons. The minimum atomic E-state index is -5.08. The number of hydrogen-bond donors (Lipinski definition) is 4. The monoisotopic (exact) mass is 685 g/mol. The Balaban J connectivity index is 0.000000384. The van der Waals surface area contributed by atoms with Gasteiger partial charge in [-0.05, 0) is 49.2 Å². The molecule has 0 atom stereocenters. The number of carboxylic acids is 2. The van der Waals surface area contributed by atoms with Crippen molar-refractivity contribution in [3.63, 3.8) is 0 Å². The highest BCUT2D eigenvalue weighted by atomic mass is 79.9. The fourth-order valence-electron chi connectivity index (χ4n) is 4.12. The number of rotatable bonds is 5. The number of likely N-dealkylation sites (tertiary alicyclic amines) is 1. The Morgan fingerprint density at radius 2 is 1.51 bits per heavy atom. The van der Waals surface area contributed by atoms with Crippen LogP contribution in [0.3, 0.4) is 0 Å². The molecule has 2 fully saturated rings. The number of pyridine rings is 1. The van der Waals surface area contributed by atoms with Crippen LogP contribution >= 0.6 is 15.9 Å². The smallest absolute Gasteiger partial charge is 0.475 e. The molecule has 4 N–H and O–H groups in total. The molecule has 2 saturated heterocycles. The largest absolute Gasteiger partial charge is 0.490 e. The number of nitrogens with zero attached hydrogens (tertiary/aromatic N) is 3. The van der Waals surface area contributed by atoms with Crippen molar-refractivity contribution < 1.29 is 55.7 Å². The number of aliphatic carboxylic acids is 2. The summed E-state index contributed by atoms with van der Waals surface area (Å²) >= 11 is 3.37. The van der Waals surface area contributed by atoms with Gasteiger partial charge in [0.05, 0.1) is 18.6 Å². The van der Waals surface area contributed by atoms with Gasteiger partial charge in [0.2, 0.25) is 5.91 Å². The Kier molecular flexibility index (Phi) is 12.3. The van der Waals surface area contributed by atoms with Gasteiger partial charge in [-0.25, -0.2) is 9.59 Å². The average molecular weight is 686 g/mol. The molecule has 0 unspecified atom stereocenters. The van der Waals surface area contributed by atoms with E-state index in [4.69, 9.17) is 19.8 Å². The van der Waals surface area contributed by atoms with Crippen LogP contribution in [-0.2, 0) is 14.4 Å². The van der Waals surface area contributed by atoms with E-state index >= 15 is 0 Å². The maximum atomic E-state index is 12.7. The van der Waals surface area contributed by atoms with Gasteiger partial charge in [-0.2, -0.15) is 26.3 Å². The van der Waals surface area contributed by atoms with Gasteiger partial charge >= 0.3 is 24.3 Å². The van der Waals surface area contributed by atoms with Crippen molar-refractivity contribution in [3.8, 4) is 0 Å². The summed E-state index contributed by atoms with van der Waals surface area (Å²) in [6.45, 7) is 3.51. The summed E-state index contributed by atoms with van der Waals surface area (Å²) in [6, 6.07) is 11.2. The number of anilines is 1. The van der Waals surface area contributed by atoms with Crippen LogP contribution in [0.25, 0.3) is 0 Å². The van der Waals surface area contributed by atoms with E-state index in [0.717, 1.165) is 42.6 Å². The predicted octanol–water partition coefficient (Wildman–Crippen LogP) is 3.27. The Labute approximate surface area is 249 Å². The number of carbonyl (C=O) groups is 4. The molecule has 2 aliphatic heterocycles. The molecule has 1 aromatic carbocycles. The molecule has 3 heterocycles. The van der Waals surface area contributed by atoms with E-state index in [1.807, 2.05) is 30.5 Å². The highest BCUT2D eigenvalue weighted by Gasteiger charge is 2.50. The van der Waals surface area contributed by atoms with E-state index in [1.54, 1.807) is 18.3 Å². The first kappa shape index (κ1) is 35.3. The van der Waals surface area contributed by atoms with E-state index in [9.17, 15) is 35.9 Å². The third-order valence-electron chi connectivity index (χ3n) is 6.28. The van der Waals surface area contributed by atoms with E-state index in [1.165, 1.54) is 0 Å². The first-order valence-corrected chi connectivity index (χ1v) is 13.1. The fraction of sp³-hybridized carbons (Fsp3) is 0.400. The molecule has 2 amide bonds. The van der Waals surface area contributed by atoms with E-state index in [2.05, 4.69) is 41.3 Å². The number of hydrogen-bond acceptors (Lipinski definition) is 7. The third kappa shape index (κ3) is 10.4. The van der Waals surface area contributed by atoms with E-state index < -0.39 is 29.8 Å². The van der Waals surface area contributed by atoms with Crippen molar-refractivity contribution >= 4 is 45.4 Å². The van der Waals surface area contributed by atoms with Crippen LogP contribution in [0.2, 0.25) is 0 Å². The molecule has 0 saturated carbocycles. The molecule has 4 rings (SSSR count). The third-order valence-corrected chi connectivity index (χ3v) is 6.81. The summed E-state index contributed by atoms with van der Waals surface area (Å²) in [4.78, 5) is 51.4. The second kappa shape index (κ2) is 15.0. The number of aromatic nitrogens is 1. The summed E-state index contributed by atoms with van der Waals surface area (Å²) in [7, 11) is 0. The lowest BCUT2D eigenvalue weighted by Gasteiger charge is -2.43. The number of halogens is 7. The summed E-state index contributed by atoms with van der Waals surface area (Å²) in [5, 5.41) is 20.2. The van der Waals surface area contributed by atoms with Gasteiger partial charge in [0.15, 0.2) is 0 Å². The molecular weight excluding hydrogens is 660 g/mol. The highest BCUT2D eigenvalue weighted by molar-refractivity contribution is 9.10. The van der Waals surface area contributed by atoms with Crippen LogP contribution in [0.5, 0.6) is 0 Å². The van der Waals surface area contributed by atoms with Gasteiger partial charge in [0.1, 0.15) is 5.54 Å². The second-order valence-corrected chi connectivity index (χ2v) is 9.96. The van der Waals surface area contributed by atoms with Gasteiger partial charge in [0.25, 0.3) is 5.91 Å². The first-order chi connectivity index (χ1) is 20.0. The van der Waals surface area contributed by atoms with Crippen LogP contribution < -0.4 is 15.5 Å². The van der Waals surface area contributed by atoms with Crippen LogP contribution in [0.15, 0.2) is 53.3 Å². The van der Waals surface area contributed by atoms with Crippen LogP contribution in [0, 0.1) is 0 Å². The number of alkyl halides is 6. The lowest BCUT2D eigenvalue weighted by Crippen LogP contribution is -2.57. The molecule has 1 aromatic heterocycles. The van der Waals surface area contributed by atoms with Crippen molar-refractivity contribution in [1.82, 2.24) is 20.5 Å². The molecule has 0 bridgehead atoms. The average Bonchev–Trinajstić information content (AvgIpc) is 3.25. The maximum absolute atomic E-state index is 12.7. The van der Waals surface area contributed by atoms with Gasteiger partial charge in [0, 0.05) is 42.4 Å². The fourth-order valence-corrected chi connectivity index (χ4v) is 4.38. The zero-order valence-electron chi connectivity index (χ0n) is 22.1. The van der Waals surface area contributed by atoms with Gasteiger partial charge in [-0.1, -0.05) is 15.9 Å². The summed E-state index contributed by atoms with van der Waals surface area (Å²) in [5.41, 5.74) is 1.13. The lowest BCUT2D eigenvalue weighted by molar-refractivity contribution is -0.193. The van der Waals surface area contributed by atoms with Crippen molar-refractivity contribution in [2.45, 2.75) is 30.7 Å². The number of benzene rings is 1. The molecule has 2 aliphatic rings. The first-order valence-electron chi connectivity index (χ1n) is 12.3. The highest BCUT2D eigenvalue weighted by Crippen LogP contribution is 2.35. The summed E-state index contributed by atoms with van der Waals surface area (Å²) in [6.07, 6.45) is -5.10. The summed E-state index contributed by atoms with van der Waals surface area (Å²) in [5.74, 6) is -5.48. The van der Waals surface area contributed by atoms with E-state index in [0.29, 0.717) is 18.8 Å². The normalized spacial score (nSPS) is 16.3. The van der Waals surface area contributed by atoms with Crippen LogP contribution in [0.4, 0.5) is 32.0 Å². The molecular formula is C25H26BrF6N5O6. The van der Waals surface area contributed by atoms with Crippen LogP contribution in [-0.4, -0.2) is 94.6 Å². The Morgan fingerprint density at radius 1 is 0.977 bits per heavy atom. The van der Waals surface area contributed by atoms with Crippen molar-refractivity contribution in [2.75, 3.05) is 37.7 Å². The van der Waals surface area contributed by atoms with Gasteiger partial charge in [-0.15, -0.1) is 0 Å². The Bertz CT molecular complexity index is 1230. The minimum absolute atomic E-state index is 0.0658. The van der Waals surface area contributed by atoms with Gasteiger partial charge < -0.3 is 30.6 Å². The maximum Gasteiger partial charge on any atom is 0.490 e. The molecule has 18 heteroatoms. The zero-order chi connectivity index (χ0) is 32.4. The van der Waals surface area contributed by atoms with Crippen molar-refractivity contribution in [1.29, 1.82) is 0 Å². The van der Waals surface area contributed by atoms with Gasteiger partial charge in [-0.3, -0.25) is 14.6 Å². The zero-order valence-corrected chi connectivity index (χ0v) is 23.7. The summed E-state index contributed by atoms with van der Waals surface area (Å²) < 4.78 is 64.4. The topological polar surface area (TPSA) is 152 Å². The minimum Gasteiger partial charge on any atom is -0.475 e. The van der Waals surface area contributed by atoms with E-state index in [-0.39, 0.29) is 11.8 Å². The second-order valence-electron chi connectivity index (χ2n) is 9.05. The van der Waals surface area contributed by atoms with Crippen molar-refractivity contribution in [2.24, 2.45) is 0 Å². The quantitative estimate of drug-likeness (QED) is 0.348. The van der Waals surface area contributed by atoms with Crippen LogP contribution in [0.1, 0.15) is 23.2 Å². The number of carbonyl (C=O) groups excluding carboxylic acids is 2. The Hall–Kier alpha value is -3.93. The SMILES string of the molecule is O=C(NCCN1CCC2(CC1)C(=O)NCN2c1cccnc1)c1ccc(Br)cc1.O=C(O)C(F)(F)F.O=C(O)C(F)(F)F. The molecule has 0 aliphatic carbocycles. The number of nitrogens with one attached hydrogen (secondary N) is 2.